The van der Waals surface area contributed by atoms with Gasteiger partial charge >= 0.3 is 6.18 Å². The molecule has 0 saturated heterocycles. The third-order valence-electron chi connectivity index (χ3n) is 2.76. The molecule has 0 bridgehead atoms. The van der Waals surface area contributed by atoms with Gasteiger partial charge in [-0.1, -0.05) is 0 Å². The number of amides is 2. The van der Waals surface area contributed by atoms with Crippen molar-refractivity contribution >= 4 is 27.7 Å². The van der Waals surface area contributed by atoms with E-state index < -0.39 is 30.2 Å². The van der Waals surface area contributed by atoms with Gasteiger partial charge in [0, 0.05) is 23.9 Å². The minimum absolute atomic E-state index is 0.288. The Morgan fingerprint density at radius 1 is 1.35 bits per heavy atom. The molecule has 2 aromatic heterocycles. The van der Waals surface area contributed by atoms with Crippen molar-refractivity contribution in [3.8, 4) is 0 Å². The Hall–Kier alpha value is -2.30. The lowest BCUT2D eigenvalue weighted by Crippen LogP contribution is -2.43. The van der Waals surface area contributed by atoms with Gasteiger partial charge in [-0.3, -0.25) is 25.1 Å². The molecule has 23 heavy (non-hydrogen) atoms. The van der Waals surface area contributed by atoms with Crippen LogP contribution in [-0.4, -0.2) is 26.2 Å². The van der Waals surface area contributed by atoms with E-state index in [9.17, 15) is 22.8 Å². The predicted molar refractivity (Wildman–Crippen MR) is 76.0 cm³/mol. The lowest BCUT2D eigenvalue weighted by atomic mass is 10.4. The van der Waals surface area contributed by atoms with Crippen LogP contribution >= 0.6 is 15.9 Å². The van der Waals surface area contributed by atoms with Crippen molar-refractivity contribution in [1.29, 1.82) is 0 Å². The Labute approximate surface area is 136 Å². The normalized spacial score (nSPS) is 11.3. The number of carbonyl (C=O) groups is 2. The number of carbonyl (C=O) groups excluding carboxylic acids is 2. The average Bonchev–Trinajstić information content (AvgIpc) is 3.02. The van der Waals surface area contributed by atoms with Gasteiger partial charge in [-0.25, -0.2) is 0 Å². The molecule has 0 aliphatic heterocycles. The summed E-state index contributed by atoms with van der Waals surface area (Å²) >= 11 is 3.20. The number of nitrogens with zero attached hydrogens (tertiary/aromatic N) is 3. The molecule has 0 aromatic carbocycles. The van der Waals surface area contributed by atoms with Crippen LogP contribution in [0, 0.1) is 0 Å². The van der Waals surface area contributed by atoms with Crippen LogP contribution in [0.2, 0.25) is 0 Å². The number of hydrazine groups is 1. The van der Waals surface area contributed by atoms with E-state index >= 15 is 0 Å². The van der Waals surface area contributed by atoms with Gasteiger partial charge in [0.1, 0.15) is 12.2 Å². The fourth-order valence-corrected chi connectivity index (χ4v) is 2.25. The van der Waals surface area contributed by atoms with Gasteiger partial charge in [0.05, 0.1) is 0 Å². The highest BCUT2D eigenvalue weighted by Crippen LogP contribution is 2.27. The van der Waals surface area contributed by atoms with Crippen LogP contribution in [0.5, 0.6) is 0 Å². The number of halogens is 4. The van der Waals surface area contributed by atoms with Crippen molar-refractivity contribution in [3.05, 3.63) is 40.4 Å². The molecule has 2 rings (SSSR count). The Bertz CT molecular complexity index is 737. The number of aryl methyl sites for hydroxylation is 1. The lowest BCUT2D eigenvalue weighted by Gasteiger charge is -2.08. The first-order valence-corrected chi connectivity index (χ1v) is 6.98. The molecule has 0 aliphatic carbocycles. The molecule has 2 amide bonds. The number of hydrogen-bond acceptors (Lipinski definition) is 3. The smallest absolute Gasteiger partial charge is 0.345 e. The van der Waals surface area contributed by atoms with E-state index in [1.165, 1.54) is 4.57 Å². The standard InChI is InChI=1S/C12H11BrF3N5O2/c1-20-5-7(13)4-8(20)11(23)18-17-10(22)6-21-3-2-9(19-21)12(14,15)16/h2-5H,6H2,1H3,(H,17,22)(H,18,23). The van der Waals surface area contributed by atoms with Crippen LogP contribution in [0.25, 0.3) is 0 Å². The summed E-state index contributed by atoms with van der Waals surface area (Å²) in [4.78, 5) is 23.4. The van der Waals surface area contributed by atoms with Gasteiger partial charge in [-0.2, -0.15) is 18.3 Å². The van der Waals surface area contributed by atoms with E-state index in [2.05, 4.69) is 31.9 Å². The largest absolute Gasteiger partial charge is 0.435 e. The number of aromatic nitrogens is 3. The van der Waals surface area contributed by atoms with E-state index in [1.54, 1.807) is 19.3 Å². The first-order valence-electron chi connectivity index (χ1n) is 6.18. The quantitative estimate of drug-likeness (QED) is 0.774. The monoisotopic (exact) mass is 393 g/mol. The third kappa shape index (κ3) is 4.34. The molecule has 0 aliphatic rings. The maximum Gasteiger partial charge on any atom is 0.435 e. The maximum atomic E-state index is 12.4. The van der Waals surface area contributed by atoms with Gasteiger partial charge in [0.15, 0.2) is 5.69 Å². The van der Waals surface area contributed by atoms with Gasteiger partial charge in [-0.15, -0.1) is 0 Å². The van der Waals surface area contributed by atoms with Crippen LogP contribution in [0.4, 0.5) is 13.2 Å². The molecular weight excluding hydrogens is 383 g/mol. The maximum absolute atomic E-state index is 12.4. The summed E-state index contributed by atoms with van der Waals surface area (Å²) in [7, 11) is 1.64. The molecular formula is C12H11BrF3N5O2. The summed E-state index contributed by atoms with van der Waals surface area (Å²) in [5.74, 6) is -1.29. The van der Waals surface area contributed by atoms with Gasteiger partial charge < -0.3 is 4.57 Å². The first-order chi connectivity index (χ1) is 10.7. The van der Waals surface area contributed by atoms with E-state index in [1.807, 2.05) is 0 Å². The number of hydrogen-bond donors (Lipinski definition) is 2. The fourth-order valence-electron chi connectivity index (χ4n) is 1.73. The summed E-state index contributed by atoms with van der Waals surface area (Å²) in [6.07, 6.45) is -1.90. The van der Waals surface area contributed by atoms with Gasteiger partial charge in [0.2, 0.25) is 0 Å². The Kier molecular flexibility index (Phi) is 4.78. The third-order valence-corrected chi connectivity index (χ3v) is 3.19. The molecule has 7 nitrogen and oxygen atoms in total. The minimum atomic E-state index is -4.57. The molecule has 0 atom stereocenters. The van der Waals surface area contributed by atoms with Crippen LogP contribution in [0.3, 0.4) is 0 Å². The molecule has 0 spiro atoms. The SMILES string of the molecule is Cn1cc(Br)cc1C(=O)NNC(=O)Cn1ccc(C(F)(F)F)n1. The summed E-state index contributed by atoms with van der Waals surface area (Å²) in [5, 5.41) is 3.23. The second-order valence-corrected chi connectivity index (χ2v) is 5.47. The first kappa shape index (κ1) is 17.1. The molecule has 0 fully saturated rings. The summed E-state index contributed by atoms with van der Waals surface area (Å²) < 4.78 is 40.2. The zero-order valence-electron chi connectivity index (χ0n) is 11.7. The van der Waals surface area contributed by atoms with Crippen molar-refractivity contribution < 1.29 is 22.8 Å². The highest BCUT2D eigenvalue weighted by Gasteiger charge is 2.33. The van der Waals surface area contributed by atoms with Gasteiger partial charge in [0.25, 0.3) is 11.8 Å². The zero-order valence-corrected chi connectivity index (χ0v) is 13.3. The molecule has 2 N–H and O–H groups in total. The molecule has 2 heterocycles. The Morgan fingerprint density at radius 2 is 2.04 bits per heavy atom. The van der Waals surface area contributed by atoms with E-state index in [-0.39, 0.29) is 5.69 Å². The Balaban J connectivity index is 1.89. The van der Waals surface area contributed by atoms with E-state index in [4.69, 9.17) is 0 Å². The zero-order chi connectivity index (χ0) is 17.2. The van der Waals surface area contributed by atoms with Crippen LogP contribution in [0.15, 0.2) is 29.0 Å². The predicted octanol–water partition coefficient (Wildman–Crippen LogP) is 1.46. The Morgan fingerprint density at radius 3 is 2.57 bits per heavy atom. The second-order valence-electron chi connectivity index (χ2n) is 4.55. The average molecular weight is 394 g/mol. The van der Waals surface area contributed by atoms with Crippen molar-refractivity contribution in [2.75, 3.05) is 0 Å². The summed E-state index contributed by atoms with van der Waals surface area (Å²) in [5.41, 5.74) is 3.46. The fraction of sp³-hybridized carbons (Fsp3) is 0.250. The van der Waals surface area contributed by atoms with Crippen molar-refractivity contribution in [2.24, 2.45) is 7.05 Å². The van der Waals surface area contributed by atoms with E-state index in [0.717, 1.165) is 16.9 Å². The molecule has 2 aromatic rings. The minimum Gasteiger partial charge on any atom is -0.345 e. The molecule has 0 radical (unpaired) electrons. The van der Waals surface area contributed by atoms with Crippen LogP contribution in [0.1, 0.15) is 16.2 Å². The van der Waals surface area contributed by atoms with Crippen LogP contribution < -0.4 is 10.9 Å². The lowest BCUT2D eigenvalue weighted by molar-refractivity contribution is -0.141. The topological polar surface area (TPSA) is 81.0 Å². The second kappa shape index (κ2) is 6.44. The van der Waals surface area contributed by atoms with Crippen LogP contribution in [-0.2, 0) is 24.6 Å². The van der Waals surface area contributed by atoms with Crippen molar-refractivity contribution in [2.45, 2.75) is 12.7 Å². The van der Waals surface area contributed by atoms with Crippen molar-refractivity contribution in [3.63, 3.8) is 0 Å². The summed E-state index contributed by atoms with van der Waals surface area (Å²) in [6, 6.07) is 2.30. The molecule has 0 unspecified atom stereocenters. The molecule has 0 saturated carbocycles. The summed E-state index contributed by atoms with van der Waals surface area (Å²) in [6.45, 7) is -0.465. The number of alkyl halides is 3. The number of nitrogens with one attached hydrogen (secondary N) is 2. The molecule has 11 heteroatoms. The number of rotatable bonds is 3. The van der Waals surface area contributed by atoms with Crippen molar-refractivity contribution in [1.82, 2.24) is 25.2 Å². The van der Waals surface area contributed by atoms with Gasteiger partial charge in [-0.05, 0) is 28.1 Å². The highest BCUT2D eigenvalue weighted by molar-refractivity contribution is 9.10. The highest BCUT2D eigenvalue weighted by atomic mass is 79.9. The molecule has 124 valence electrons. The van der Waals surface area contributed by atoms with E-state index in [0.29, 0.717) is 4.47 Å².